The van der Waals surface area contributed by atoms with Crippen LogP contribution in [0.5, 0.6) is 0 Å². The number of carboxylic acid groups (broad SMARTS) is 1. The van der Waals surface area contributed by atoms with Crippen molar-refractivity contribution in [1.82, 2.24) is 4.98 Å². The SMILES string of the molecule is O=C(CSc1ccc(NC(=O)c2cccc3cccc(C(=O)O)c23)cc1)Nc1nc(-c2cccc([N+](=O)[O-])c2)cs1. The van der Waals surface area contributed by atoms with Gasteiger partial charge in [-0.1, -0.05) is 36.4 Å². The Hall–Kier alpha value is -5.07. The second-order valence-electron chi connectivity index (χ2n) is 8.68. The number of benzene rings is 4. The van der Waals surface area contributed by atoms with E-state index in [9.17, 15) is 29.6 Å². The number of carbonyl (C=O) groups excluding carboxylic acids is 2. The summed E-state index contributed by atoms with van der Waals surface area (Å²) in [6.07, 6.45) is 0. The lowest BCUT2D eigenvalue weighted by Gasteiger charge is -2.11. The Morgan fingerprint density at radius 2 is 1.63 bits per heavy atom. The van der Waals surface area contributed by atoms with E-state index < -0.39 is 16.8 Å². The molecule has 3 N–H and O–H groups in total. The Labute approximate surface area is 241 Å². The third kappa shape index (κ3) is 6.40. The lowest BCUT2D eigenvalue weighted by Crippen LogP contribution is -2.14. The van der Waals surface area contributed by atoms with E-state index in [0.717, 1.165) is 4.90 Å². The van der Waals surface area contributed by atoms with Gasteiger partial charge in [0.25, 0.3) is 11.6 Å². The van der Waals surface area contributed by atoms with Crippen molar-refractivity contribution in [3.63, 3.8) is 0 Å². The predicted octanol–water partition coefficient (Wildman–Crippen LogP) is 6.55. The van der Waals surface area contributed by atoms with Crippen molar-refractivity contribution in [2.45, 2.75) is 4.90 Å². The molecule has 1 heterocycles. The quantitative estimate of drug-likeness (QED) is 0.100. The number of aromatic carboxylic acids is 1. The van der Waals surface area contributed by atoms with Gasteiger partial charge in [-0.15, -0.1) is 23.1 Å². The number of anilines is 2. The molecule has 2 amide bonds. The Kier molecular flexibility index (Phi) is 8.04. The number of hydrogen-bond acceptors (Lipinski definition) is 8. The second kappa shape index (κ2) is 12.0. The first-order valence-electron chi connectivity index (χ1n) is 12.1. The molecule has 5 aromatic rings. The average Bonchev–Trinajstić information content (AvgIpc) is 3.44. The first kappa shape index (κ1) is 27.5. The highest BCUT2D eigenvalue weighted by Gasteiger charge is 2.17. The number of nitrogens with one attached hydrogen (secondary N) is 2. The molecule has 12 heteroatoms. The zero-order valence-electron chi connectivity index (χ0n) is 21.1. The molecule has 0 aliphatic rings. The number of nitro groups is 1. The maximum absolute atomic E-state index is 13.0. The standard InChI is InChI=1S/C29H20N4O6S2/c34-25(32-29-31-24(15-41-29)18-6-1-7-20(14-18)33(38)39)16-40-21-12-10-19(11-13-21)30-27(35)22-8-2-4-17-5-3-9-23(26(17)22)28(36)37/h1-15H,16H2,(H,30,35)(H,36,37)(H,31,32,34). The molecule has 0 spiro atoms. The molecule has 5 rings (SSSR count). The maximum atomic E-state index is 13.0. The van der Waals surface area contributed by atoms with Gasteiger partial charge in [0.1, 0.15) is 0 Å². The molecule has 10 nitrogen and oxygen atoms in total. The first-order valence-corrected chi connectivity index (χ1v) is 13.9. The number of nitro benzene ring substituents is 1. The third-order valence-corrected chi connectivity index (χ3v) is 7.73. The highest BCUT2D eigenvalue weighted by atomic mass is 32.2. The van der Waals surface area contributed by atoms with E-state index in [1.54, 1.807) is 72.1 Å². The van der Waals surface area contributed by atoms with Crippen molar-refractivity contribution >= 4 is 68.2 Å². The van der Waals surface area contributed by atoms with Crippen LogP contribution in [0.4, 0.5) is 16.5 Å². The summed E-state index contributed by atoms with van der Waals surface area (Å²) in [5.74, 6) is -1.70. The predicted molar refractivity (Wildman–Crippen MR) is 159 cm³/mol. The average molecular weight is 585 g/mol. The molecule has 41 heavy (non-hydrogen) atoms. The lowest BCUT2D eigenvalue weighted by atomic mass is 9.98. The van der Waals surface area contributed by atoms with Crippen LogP contribution < -0.4 is 10.6 Å². The zero-order chi connectivity index (χ0) is 28.9. The first-order chi connectivity index (χ1) is 19.8. The summed E-state index contributed by atoms with van der Waals surface area (Å²) in [5.41, 5.74) is 1.90. The molecule has 0 unspecified atom stereocenters. The van der Waals surface area contributed by atoms with Crippen LogP contribution >= 0.6 is 23.1 Å². The summed E-state index contributed by atoms with van der Waals surface area (Å²) in [4.78, 5) is 52.9. The molecule has 0 fully saturated rings. The number of nitrogens with zero attached hydrogens (tertiary/aromatic N) is 2. The van der Waals surface area contributed by atoms with Crippen LogP contribution in [0.2, 0.25) is 0 Å². The number of carbonyl (C=O) groups is 3. The van der Waals surface area contributed by atoms with Gasteiger partial charge in [-0.3, -0.25) is 19.7 Å². The van der Waals surface area contributed by atoms with Gasteiger partial charge in [-0.2, -0.15) is 0 Å². The van der Waals surface area contributed by atoms with Crippen LogP contribution in [-0.2, 0) is 4.79 Å². The molecule has 0 aliphatic heterocycles. The number of fused-ring (bicyclic) bond motifs is 1. The molecule has 4 aromatic carbocycles. The smallest absolute Gasteiger partial charge is 0.336 e. The van der Waals surface area contributed by atoms with E-state index >= 15 is 0 Å². The summed E-state index contributed by atoms with van der Waals surface area (Å²) >= 11 is 2.52. The molecule has 0 bridgehead atoms. The van der Waals surface area contributed by atoms with E-state index in [2.05, 4.69) is 15.6 Å². The van der Waals surface area contributed by atoms with E-state index in [-0.39, 0.29) is 28.5 Å². The largest absolute Gasteiger partial charge is 0.478 e. The fourth-order valence-corrected chi connectivity index (χ4v) is 5.52. The van der Waals surface area contributed by atoms with Gasteiger partial charge in [0.2, 0.25) is 5.91 Å². The van der Waals surface area contributed by atoms with Gasteiger partial charge in [-0.25, -0.2) is 9.78 Å². The van der Waals surface area contributed by atoms with Gasteiger partial charge >= 0.3 is 5.97 Å². The molecular formula is C29H20N4O6S2. The summed E-state index contributed by atoms with van der Waals surface area (Å²) in [6, 6.07) is 23.0. The number of non-ortho nitro benzene ring substituents is 1. The van der Waals surface area contributed by atoms with Crippen LogP contribution in [0.15, 0.2) is 95.2 Å². The lowest BCUT2D eigenvalue weighted by molar-refractivity contribution is -0.384. The van der Waals surface area contributed by atoms with Gasteiger partial charge in [-0.05, 0) is 41.8 Å². The molecule has 204 valence electrons. The number of rotatable bonds is 9. The van der Waals surface area contributed by atoms with E-state index in [1.165, 1.54) is 41.3 Å². The van der Waals surface area contributed by atoms with E-state index in [0.29, 0.717) is 32.8 Å². The number of thioether (sulfide) groups is 1. The topological polar surface area (TPSA) is 152 Å². The molecule has 0 aliphatic carbocycles. The fraction of sp³-hybridized carbons (Fsp3) is 0.0345. The minimum atomic E-state index is -1.11. The second-order valence-corrected chi connectivity index (χ2v) is 10.6. The number of amides is 2. The van der Waals surface area contributed by atoms with Crippen LogP contribution in [-0.4, -0.2) is 38.6 Å². The summed E-state index contributed by atoms with van der Waals surface area (Å²) in [6.45, 7) is 0. The zero-order valence-corrected chi connectivity index (χ0v) is 22.7. The summed E-state index contributed by atoms with van der Waals surface area (Å²) in [5, 5.41) is 29.3. The fourth-order valence-electron chi connectivity index (χ4n) is 4.09. The Morgan fingerprint density at radius 3 is 2.34 bits per heavy atom. The Bertz CT molecular complexity index is 1800. The molecule has 1 aromatic heterocycles. The third-order valence-electron chi connectivity index (χ3n) is 5.97. The van der Waals surface area contributed by atoms with Crippen LogP contribution in [0.3, 0.4) is 0 Å². The summed E-state index contributed by atoms with van der Waals surface area (Å²) < 4.78 is 0. The van der Waals surface area contributed by atoms with Crippen LogP contribution in [0.1, 0.15) is 20.7 Å². The monoisotopic (exact) mass is 584 g/mol. The van der Waals surface area contributed by atoms with Crippen molar-refractivity contribution in [2.24, 2.45) is 0 Å². The van der Waals surface area contributed by atoms with Gasteiger partial charge in [0, 0.05) is 44.6 Å². The number of thiazole rings is 1. The molecule has 0 atom stereocenters. The number of carboxylic acids is 1. The van der Waals surface area contributed by atoms with Crippen LogP contribution in [0, 0.1) is 10.1 Å². The van der Waals surface area contributed by atoms with Crippen molar-refractivity contribution < 1.29 is 24.4 Å². The molecule has 0 saturated carbocycles. The van der Waals surface area contributed by atoms with Crippen molar-refractivity contribution in [1.29, 1.82) is 0 Å². The van der Waals surface area contributed by atoms with Crippen molar-refractivity contribution in [3.05, 3.63) is 112 Å². The van der Waals surface area contributed by atoms with E-state index in [4.69, 9.17) is 0 Å². The number of hydrogen-bond donors (Lipinski definition) is 3. The minimum Gasteiger partial charge on any atom is -0.478 e. The van der Waals surface area contributed by atoms with Gasteiger partial charge in [0.05, 0.1) is 21.9 Å². The molecule has 0 radical (unpaired) electrons. The number of aromatic nitrogens is 1. The molecule has 0 saturated heterocycles. The minimum absolute atomic E-state index is 0.0380. The summed E-state index contributed by atoms with van der Waals surface area (Å²) in [7, 11) is 0. The molecular weight excluding hydrogens is 564 g/mol. The Morgan fingerprint density at radius 1 is 0.927 bits per heavy atom. The van der Waals surface area contributed by atoms with Gasteiger partial charge < -0.3 is 15.7 Å². The highest BCUT2D eigenvalue weighted by molar-refractivity contribution is 8.00. The maximum Gasteiger partial charge on any atom is 0.336 e. The van der Waals surface area contributed by atoms with Gasteiger partial charge in [0.15, 0.2) is 5.13 Å². The van der Waals surface area contributed by atoms with Crippen molar-refractivity contribution in [3.8, 4) is 11.3 Å². The van der Waals surface area contributed by atoms with Crippen LogP contribution in [0.25, 0.3) is 22.0 Å². The normalized spacial score (nSPS) is 10.7. The highest BCUT2D eigenvalue weighted by Crippen LogP contribution is 2.28. The van der Waals surface area contributed by atoms with Crippen molar-refractivity contribution in [2.75, 3.05) is 16.4 Å². The van der Waals surface area contributed by atoms with E-state index in [1.807, 2.05) is 0 Å². The Balaban J connectivity index is 1.18.